The van der Waals surface area contributed by atoms with Crippen molar-refractivity contribution in [3.05, 3.63) is 28.2 Å². The van der Waals surface area contributed by atoms with E-state index in [1.807, 2.05) is 12.1 Å². The van der Waals surface area contributed by atoms with Crippen LogP contribution in [0.5, 0.6) is 5.75 Å². The zero-order valence-corrected chi connectivity index (χ0v) is 15.3. The van der Waals surface area contributed by atoms with Crippen LogP contribution in [0, 0.1) is 0 Å². The number of nitrogens with zero attached hydrogens (tertiary/aromatic N) is 1. The molecule has 1 aromatic rings. The third kappa shape index (κ3) is 4.20. The van der Waals surface area contributed by atoms with Crippen LogP contribution in [0.15, 0.2) is 22.7 Å². The molecule has 1 unspecified atom stereocenters. The lowest BCUT2D eigenvalue weighted by atomic mass is 10.0. The number of alkyl halides is 1. The van der Waals surface area contributed by atoms with E-state index in [1.165, 1.54) is 5.56 Å². The van der Waals surface area contributed by atoms with Crippen molar-refractivity contribution in [2.24, 2.45) is 0 Å². The summed E-state index contributed by atoms with van der Waals surface area (Å²) in [4.78, 5) is 2.44. The number of morpholine rings is 1. The Morgan fingerprint density at radius 1 is 1.45 bits per heavy atom. The van der Waals surface area contributed by atoms with Gasteiger partial charge in [-0.1, -0.05) is 31.9 Å². The molecule has 3 nitrogen and oxygen atoms in total. The fourth-order valence-corrected chi connectivity index (χ4v) is 3.37. The molecule has 5 heteroatoms. The van der Waals surface area contributed by atoms with Gasteiger partial charge in [-0.25, -0.2) is 0 Å². The summed E-state index contributed by atoms with van der Waals surface area (Å²) in [5.41, 5.74) is 1.14. The molecule has 0 spiro atoms. The predicted molar refractivity (Wildman–Crippen MR) is 88.7 cm³/mol. The summed E-state index contributed by atoms with van der Waals surface area (Å²) in [7, 11) is 1.70. The van der Waals surface area contributed by atoms with Crippen molar-refractivity contribution in [2.75, 3.05) is 25.5 Å². The predicted octanol–water partition coefficient (Wildman–Crippen LogP) is 3.83. The van der Waals surface area contributed by atoms with E-state index in [9.17, 15) is 0 Å². The smallest absolute Gasteiger partial charge is 0.119 e. The molecule has 0 amide bonds. The van der Waals surface area contributed by atoms with Crippen LogP contribution in [0.1, 0.15) is 19.4 Å². The van der Waals surface area contributed by atoms with Crippen molar-refractivity contribution in [1.29, 1.82) is 0 Å². The normalized spacial score (nSPS) is 22.8. The van der Waals surface area contributed by atoms with Gasteiger partial charge in [-0.05, 0) is 37.6 Å². The molecule has 1 saturated heterocycles. The molecule has 1 aliphatic heterocycles. The van der Waals surface area contributed by atoms with E-state index in [0.29, 0.717) is 0 Å². The topological polar surface area (TPSA) is 21.7 Å². The van der Waals surface area contributed by atoms with Gasteiger partial charge in [0, 0.05) is 29.4 Å². The van der Waals surface area contributed by atoms with E-state index in [1.54, 1.807) is 7.11 Å². The SMILES string of the molecule is COc1ccc(Br)c(CN2CC(CBr)OC(C)(C)C2)c1. The highest BCUT2D eigenvalue weighted by Crippen LogP contribution is 2.27. The summed E-state index contributed by atoms with van der Waals surface area (Å²) >= 11 is 7.16. The molecule has 0 aliphatic carbocycles. The van der Waals surface area contributed by atoms with Gasteiger partial charge in [0.1, 0.15) is 5.75 Å². The van der Waals surface area contributed by atoms with Crippen molar-refractivity contribution in [1.82, 2.24) is 4.90 Å². The lowest BCUT2D eigenvalue weighted by molar-refractivity contribution is -0.128. The highest BCUT2D eigenvalue weighted by Gasteiger charge is 2.32. The molecule has 1 atom stereocenters. The first-order valence-corrected chi connectivity index (χ1v) is 8.63. The van der Waals surface area contributed by atoms with E-state index in [2.05, 4.69) is 56.7 Å². The number of ether oxygens (including phenoxy) is 2. The third-order valence-corrected chi connectivity index (χ3v) is 4.87. The first-order chi connectivity index (χ1) is 9.43. The monoisotopic (exact) mass is 405 g/mol. The Kier molecular flexibility index (Phi) is 5.51. The van der Waals surface area contributed by atoms with E-state index in [0.717, 1.165) is 35.2 Å². The first kappa shape index (κ1) is 16.3. The average molecular weight is 407 g/mol. The molecule has 1 aliphatic rings. The van der Waals surface area contributed by atoms with Crippen molar-refractivity contribution >= 4 is 31.9 Å². The van der Waals surface area contributed by atoms with Gasteiger partial charge in [-0.3, -0.25) is 4.90 Å². The van der Waals surface area contributed by atoms with Crippen LogP contribution in [0.3, 0.4) is 0 Å². The molecule has 0 N–H and O–H groups in total. The van der Waals surface area contributed by atoms with Crippen LogP contribution in [0.25, 0.3) is 0 Å². The van der Waals surface area contributed by atoms with Gasteiger partial charge >= 0.3 is 0 Å². The number of hydrogen-bond acceptors (Lipinski definition) is 3. The van der Waals surface area contributed by atoms with Gasteiger partial charge < -0.3 is 9.47 Å². The zero-order valence-electron chi connectivity index (χ0n) is 12.2. The number of hydrogen-bond donors (Lipinski definition) is 0. The molecule has 0 bridgehead atoms. The van der Waals surface area contributed by atoms with Gasteiger partial charge in [0.25, 0.3) is 0 Å². The number of halogens is 2. The van der Waals surface area contributed by atoms with E-state index < -0.39 is 0 Å². The summed E-state index contributed by atoms with van der Waals surface area (Å²) in [5.74, 6) is 0.896. The van der Waals surface area contributed by atoms with Gasteiger partial charge in [0.2, 0.25) is 0 Å². The van der Waals surface area contributed by atoms with Crippen LogP contribution in [-0.4, -0.2) is 42.1 Å². The van der Waals surface area contributed by atoms with Gasteiger partial charge in [0.15, 0.2) is 0 Å². The highest BCUT2D eigenvalue weighted by atomic mass is 79.9. The van der Waals surface area contributed by atoms with Gasteiger partial charge in [-0.2, -0.15) is 0 Å². The van der Waals surface area contributed by atoms with Crippen LogP contribution in [0.4, 0.5) is 0 Å². The first-order valence-electron chi connectivity index (χ1n) is 6.72. The Hall–Kier alpha value is -0.100. The Morgan fingerprint density at radius 2 is 2.20 bits per heavy atom. The fourth-order valence-electron chi connectivity index (χ4n) is 2.66. The number of benzene rings is 1. The number of rotatable bonds is 4. The Bertz CT molecular complexity index is 465. The minimum Gasteiger partial charge on any atom is -0.497 e. The van der Waals surface area contributed by atoms with Crippen molar-refractivity contribution < 1.29 is 9.47 Å². The van der Waals surface area contributed by atoms with Gasteiger partial charge in [-0.15, -0.1) is 0 Å². The summed E-state index contributed by atoms with van der Waals surface area (Å²) in [6.45, 7) is 7.07. The summed E-state index contributed by atoms with van der Waals surface area (Å²) in [6, 6.07) is 6.11. The third-order valence-electron chi connectivity index (χ3n) is 3.37. The minimum absolute atomic E-state index is 0.109. The molecular weight excluding hydrogens is 386 g/mol. The largest absolute Gasteiger partial charge is 0.497 e. The molecule has 112 valence electrons. The van der Waals surface area contributed by atoms with Gasteiger partial charge in [0.05, 0.1) is 18.8 Å². The zero-order chi connectivity index (χ0) is 14.8. The molecule has 1 aromatic carbocycles. The quantitative estimate of drug-likeness (QED) is 0.709. The molecule has 0 radical (unpaired) electrons. The van der Waals surface area contributed by atoms with Crippen LogP contribution in [0.2, 0.25) is 0 Å². The van der Waals surface area contributed by atoms with Crippen LogP contribution in [-0.2, 0) is 11.3 Å². The maximum absolute atomic E-state index is 6.04. The second-order valence-corrected chi connectivity index (χ2v) is 7.28. The molecule has 0 saturated carbocycles. The molecule has 1 heterocycles. The minimum atomic E-state index is -0.109. The fraction of sp³-hybridized carbons (Fsp3) is 0.600. The second kappa shape index (κ2) is 6.77. The Balaban J connectivity index is 2.12. The highest BCUT2D eigenvalue weighted by molar-refractivity contribution is 9.10. The van der Waals surface area contributed by atoms with E-state index in [-0.39, 0.29) is 11.7 Å². The van der Waals surface area contributed by atoms with E-state index in [4.69, 9.17) is 9.47 Å². The average Bonchev–Trinajstić information content (AvgIpc) is 2.39. The summed E-state index contributed by atoms with van der Waals surface area (Å²) in [6.07, 6.45) is 0.239. The lowest BCUT2D eigenvalue weighted by Crippen LogP contribution is -2.52. The maximum atomic E-state index is 6.04. The summed E-state index contributed by atoms with van der Waals surface area (Å²) in [5, 5.41) is 0.867. The molecule has 1 fully saturated rings. The number of methoxy groups -OCH3 is 1. The maximum Gasteiger partial charge on any atom is 0.119 e. The van der Waals surface area contributed by atoms with E-state index >= 15 is 0 Å². The Morgan fingerprint density at radius 3 is 2.85 bits per heavy atom. The molecule has 20 heavy (non-hydrogen) atoms. The summed E-state index contributed by atoms with van der Waals surface area (Å²) < 4.78 is 12.5. The van der Waals surface area contributed by atoms with Crippen molar-refractivity contribution in [3.8, 4) is 5.75 Å². The van der Waals surface area contributed by atoms with Crippen LogP contribution < -0.4 is 4.74 Å². The molecular formula is C15H21Br2NO2. The Labute approximate surface area is 137 Å². The standard InChI is InChI=1S/C15H21Br2NO2/c1-15(2)10-18(9-13(7-16)20-15)8-11-6-12(19-3)4-5-14(11)17/h4-6,13H,7-10H2,1-3H3. The van der Waals surface area contributed by atoms with Crippen molar-refractivity contribution in [3.63, 3.8) is 0 Å². The lowest BCUT2D eigenvalue weighted by Gasteiger charge is -2.42. The second-order valence-electron chi connectivity index (χ2n) is 5.78. The molecule has 0 aromatic heterocycles. The van der Waals surface area contributed by atoms with Crippen molar-refractivity contribution in [2.45, 2.75) is 32.1 Å². The van der Waals surface area contributed by atoms with Crippen LogP contribution >= 0.6 is 31.9 Å². The molecule has 2 rings (SSSR count).